The van der Waals surface area contributed by atoms with Gasteiger partial charge in [-0.15, -0.1) is 0 Å². The fraction of sp³-hybridized carbons (Fsp3) is 0.500. The predicted molar refractivity (Wildman–Crippen MR) is 81.6 cm³/mol. The van der Waals surface area contributed by atoms with E-state index in [2.05, 4.69) is 11.6 Å². The van der Waals surface area contributed by atoms with Gasteiger partial charge in [0.1, 0.15) is 5.75 Å². The number of carbonyl (C=O) groups is 1. The molecular weight excluding hydrogens is 260 g/mol. The third-order valence-corrected chi connectivity index (χ3v) is 3.29. The van der Waals surface area contributed by atoms with Crippen LogP contribution in [0.3, 0.4) is 0 Å². The molecule has 3 N–H and O–H groups in total. The van der Waals surface area contributed by atoms with Gasteiger partial charge in [0, 0.05) is 12.2 Å². The van der Waals surface area contributed by atoms with E-state index in [1.807, 2.05) is 11.8 Å². The fourth-order valence-corrected chi connectivity index (χ4v) is 2.03. The maximum Gasteiger partial charge on any atom is 0.257 e. The minimum Gasteiger partial charge on any atom is -0.484 e. The van der Waals surface area contributed by atoms with Crippen molar-refractivity contribution in [3.8, 4) is 5.75 Å². The number of amides is 1. The number of nitrogens with one attached hydrogen (secondary N) is 1. The molecule has 4 nitrogen and oxygen atoms in total. The lowest BCUT2D eigenvalue weighted by Crippen LogP contribution is -2.29. The Labute approximate surface area is 119 Å². The molecule has 0 aliphatic rings. The van der Waals surface area contributed by atoms with Crippen LogP contribution < -0.4 is 15.8 Å². The van der Waals surface area contributed by atoms with Crippen LogP contribution in [0.15, 0.2) is 24.3 Å². The molecular formula is C14H22N2O2S. The number of carbonyl (C=O) groups excluding carboxylic acids is 1. The Kier molecular flexibility index (Phi) is 7.89. The second kappa shape index (κ2) is 9.55. The molecule has 0 fully saturated rings. The Bertz CT molecular complexity index is 368. The van der Waals surface area contributed by atoms with Crippen LogP contribution in [-0.2, 0) is 4.79 Å². The highest BCUT2D eigenvalue weighted by Crippen LogP contribution is 2.12. The number of hydrogen-bond acceptors (Lipinski definition) is 4. The molecule has 0 heterocycles. The number of unbranched alkanes of at least 4 members (excludes halogenated alkanes) is 2. The monoisotopic (exact) mass is 282 g/mol. The SMILES string of the molecule is CSCCCCCNC(=O)COc1ccc(N)cc1. The van der Waals surface area contributed by atoms with E-state index in [0.29, 0.717) is 11.4 Å². The van der Waals surface area contributed by atoms with E-state index in [1.54, 1.807) is 24.3 Å². The molecule has 0 aliphatic carbocycles. The third kappa shape index (κ3) is 7.62. The summed E-state index contributed by atoms with van der Waals surface area (Å²) < 4.78 is 5.35. The topological polar surface area (TPSA) is 64.3 Å². The van der Waals surface area contributed by atoms with Crippen molar-refractivity contribution in [2.24, 2.45) is 0 Å². The van der Waals surface area contributed by atoms with Crippen LogP contribution in [0, 0.1) is 0 Å². The zero-order chi connectivity index (χ0) is 13.9. The van der Waals surface area contributed by atoms with Gasteiger partial charge in [-0.05, 0) is 49.1 Å². The van der Waals surface area contributed by atoms with E-state index in [-0.39, 0.29) is 12.5 Å². The molecule has 106 valence electrons. The third-order valence-electron chi connectivity index (χ3n) is 2.60. The molecule has 0 spiro atoms. The Morgan fingerprint density at radius 2 is 2.00 bits per heavy atom. The first-order valence-electron chi connectivity index (χ1n) is 6.46. The Balaban J connectivity index is 2.06. The van der Waals surface area contributed by atoms with Gasteiger partial charge in [0.2, 0.25) is 0 Å². The normalized spacial score (nSPS) is 10.2. The van der Waals surface area contributed by atoms with Gasteiger partial charge in [0.15, 0.2) is 6.61 Å². The number of nitrogen functional groups attached to an aromatic ring is 1. The largest absolute Gasteiger partial charge is 0.484 e. The standard InChI is InChI=1S/C14H22N2O2S/c1-19-10-4-2-3-9-16-14(17)11-18-13-7-5-12(15)6-8-13/h5-8H,2-4,9-11,15H2,1H3,(H,16,17). The lowest BCUT2D eigenvalue weighted by Gasteiger charge is -2.07. The van der Waals surface area contributed by atoms with Crippen molar-refractivity contribution in [1.29, 1.82) is 0 Å². The summed E-state index contributed by atoms with van der Waals surface area (Å²) in [6.07, 6.45) is 5.49. The van der Waals surface area contributed by atoms with Gasteiger partial charge in [0.05, 0.1) is 0 Å². The van der Waals surface area contributed by atoms with Crippen LogP contribution in [0.25, 0.3) is 0 Å². The first-order valence-corrected chi connectivity index (χ1v) is 7.85. The van der Waals surface area contributed by atoms with Gasteiger partial charge in [-0.1, -0.05) is 6.42 Å². The average molecular weight is 282 g/mol. The number of thioether (sulfide) groups is 1. The summed E-state index contributed by atoms with van der Waals surface area (Å²) in [6.45, 7) is 0.771. The predicted octanol–water partition coefficient (Wildman–Crippen LogP) is 2.30. The van der Waals surface area contributed by atoms with E-state index in [0.717, 1.165) is 19.4 Å². The summed E-state index contributed by atoms with van der Waals surface area (Å²) in [6, 6.07) is 7.01. The van der Waals surface area contributed by atoms with Crippen LogP contribution in [0.5, 0.6) is 5.75 Å². The van der Waals surface area contributed by atoms with Crippen LogP contribution in [0.1, 0.15) is 19.3 Å². The Morgan fingerprint density at radius 3 is 2.68 bits per heavy atom. The van der Waals surface area contributed by atoms with E-state index >= 15 is 0 Å². The first-order chi connectivity index (χ1) is 9.22. The van der Waals surface area contributed by atoms with Crippen molar-refractivity contribution >= 4 is 23.4 Å². The maximum atomic E-state index is 11.5. The van der Waals surface area contributed by atoms with Crippen LogP contribution in [0.4, 0.5) is 5.69 Å². The number of nitrogens with two attached hydrogens (primary N) is 1. The molecule has 19 heavy (non-hydrogen) atoms. The zero-order valence-electron chi connectivity index (χ0n) is 11.4. The van der Waals surface area contributed by atoms with E-state index in [4.69, 9.17) is 10.5 Å². The molecule has 5 heteroatoms. The summed E-state index contributed by atoms with van der Waals surface area (Å²) >= 11 is 1.86. The van der Waals surface area contributed by atoms with Crippen molar-refractivity contribution in [3.05, 3.63) is 24.3 Å². The first kappa shape index (κ1) is 15.7. The second-order valence-corrected chi connectivity index (χ2v) is 5.25. The summed E-state index contributed by atoms with van der Waals surface area (Å²) in [5, 5.41) is 2.85. The van der Waals surface area contributed by atoms with Crippen molar-refractivity contribution < 1.29 is 9.53 Å². The smallest absolute Gasteiger partial charge is 0.257 e. The molecule has 1 aromatic rings. The molecule has 0 saturated heterocycles. The average Bonchev–Trinajstić information content (AvgIpc) is 2.42. The molecule has 0 unspecified atom stereocenters. The summed E-state index contributed by atoms with van der Waals surface area (Å²) in [7, 11) is 0. The summed E-state index contributed by atoms with van der Waals surface area (Å²) in [4.78, 5) is 11.5. The quantitative estimate of drug-likeness (QED) is 0.539. The molecule has 0 radical (unpaired) electrons. The molecule has 1 amide bonds. The van der Waals surface area contributed by atoms with Gasteiger partial charge in [0.25, 0.3) is 5.91 Å². The zero-order valence-corrected chi connectivity index (χ0v) is 12.2. The summed E-state index contributed by atoms with van der Waals surface area (Å²) in [5.41, 5.74) is 6.24. The molecule has 0 saturated carbocycles. The molecule has 0 atom stereocenters. The lowest BCUT2D eigenvalue weighted by atomic mass is 10.2. The molecule has 0 aromatic heterocycles. The fourth-order valence-electron chi connectivity index (χ4n) is 1.54. The molecule has 0 bridgehead atoms. The Hall–Kier alpha value is -1.36. The van der Waals surface area contributed by atoms with Crippen LogP contribution >= 0.6 is 11.8 Å². The van der Waals surface area contributed by atoms with Crippen molar-refractivity contribution in [3.63, 3.8) is 0 Å². The Morgan fingerprint density at radius 1 is 1.26 bits per heavy atom. The molecule has 1 rings (SSSR count). The van der Waals surface area contributed by atoms with Crippen molar-refractivity contribution in [2.75, 3.05) is 30.9 Å². The van der Waals surface area contributed by atoms with Crippen molar-refractivity contribution in [1.82, 2.24) is 5.32 Å². The van der Waals surface area contributed by atoms with Crippen LogP contribution in [0.2, 0.25) is 0 Å². The summed E-state index contributed by atoms with van der Waals surface area (Å²) in [5.74, 6) is 1.76. The number of hydrogen-bond donors (Lipinski definition) is 2. The molecule has 0 aliphatic heterocycles. The van der Waals surface area contributed by atoms with Gasteiger partial charge < -0.3 is 15.8 Å². The number of ether oxygens (including phenoxy) is 1. The van der Waals surface area contributed by atoms with Crippen LogP contribution in [-0.4, -0.2) is 31.1 Å². The van der Waals surface area contributed by atoms with Crippen molar-refractivity contribution in [2.45, 2.75) is 19.3 Å². The van der Waals surface area contributed by atoms with Gasteiger partial charge in [-0.25, -0.2) is 0 Å². The van der Waals surface area contributed by atoms with Gasteiger partial charge in [-0.2, -0.15) is 11.8 Å². The minimum atomic E-state index is -0.0818. The highest BCUT2D eigenvalue weighted by molar-refractivity contribution is 7.98. The second-order valence-electron chi connectivity index (χ2n) is 4.26. The van der Waals surface area contributed by atoms with Gasteiger partial charge in [-0.3, -0.25) is 4.79 Å². The van der Waals surface area contributed by atoms with Gasteiger partial charge >= 0.3 is 0 Å². The maximum absolute atomic E-state index is 11.5. The van der Waals surface area contributed by atoms with E-state index < -0.39 is 0 Å². The highest BCUT2D eigenvalue weighted by Gasteiger charge is 2.01. The molecule has 1 aromatic carbocycles. The minimum absolute atomic E-state index is 0.0503. The number of benzene rings is 1. The van der Waals surface area contributed by atoms with E-state index in [1.165, 1.54) is 12.2 Å². The lowest BCUT2D eigenvalue weighted by molar-refractivity contribution is -0.123. The number of anilines is 1. The highest BCUT2D eigenvalue weighted by atomic mass is 32.2. The van der Waals surface area contributed by atoms with E-state index in [9.17, 15) is 4.79 Å². The number of rotatable bonds is 9.